The predicted molar refractivity (Wildman–Crippen MR) is 128 cm³/mol. The van der Waals surface area contributed by atoms with Gasteiger partial charge in [-0.1, -0.05) is 6.07 Å². The third-order valence-corrected chi connectivity index (χ3v) is 6.91. The average Bonchev–Trinajstić information content (AvgIpc) is 3.49. The zero-order chi connectivity index (χ0) is 24.0. The van der Waals surface area contributed by atoms with Gasteiger partial charge in [-0.15, -0.1) is 11.3 Å². The van der Waals surface area contributed by atoms with E-state index in [1.54, 1.807) is 10.4 Å². The first-order chi connectivity index (χ1) is 16.3. The number of thiazole rings is 1. The van der Waals surface area contributed by atoms with E-state index >= 15 is 0 Å². The molecule has 4 N–H and O–H groups in total. The maximum Gasteiger partial charge on any atom is 0.314 e. The summed E-state index contributed by atoms with van der Waals surface area (Å²) >= 11 is 1.52. The van der Waals surface area contributed by atoms with Gasteiger partial charge >= 0.3 is 11.8 Å². The van der Waals surface area contributed by atoms with Crippen molar-refractivity contribution in [2.75, 3.05) is 24.1 Å². The van der Waals surface area contributed by atoms with Gasteiger partial charge in [-0.25, -0.2) is 9.97 Å². The molecule has 2 unspecified atom stereocenters. The second kappa shape index (κ2) is 8.37. The highest BCUT2D eigenvalue weighted by Gasteiger charge is 2.39. The van der Waals surface area contributed by atoms with E-state index in [2.05, 4.69) is 25.5 Å². The zero-order valence-electron chi connectivity index (χ0n) is 18.5. The number of nitrogens with zero attached hydrogens (tertiary/aromatic N) is 5. The summed E-state index contributed by atoms with van der Waals surface area (Å²) in [6, 6.07) is 5.01. The van der Waals surface area contributed by atoms with Crippen LogP contribution in [0.2, 0.25) is 0 Å². The fourth-order valence-electron chi connectivity index (χ4n) is 4.36. The van der Waals surface area contributed by atoms with E-state index in [9.17, 15) is 14.4 Å². The van der Waals surface area contributed by atoms with Crippen LogP contribution in [0.25, 0.3) is 21.1 Å². The van der Waals surface area contributed by atoms with E-state index in [-0.39, 0.29) is 30.9 Å². The number of anilines is 2. The Morgan fingerprint density at radius 2 is 2.00 bits per heavy atom. The maximum absolute atomic E-state index is 13.4. The number of piperazine rings is 1. The summed E-state index contributed by atoms with van der Waals surface area (Å²) in [4.78, 5) is 50.3. The van der Waals surface area contributed by atoms with E-state index in [1.165, 1.54) is 35.6 Å². The normalized spacial score (nSPS) is 18.4. The molecule has 1 saturated heterocycles. The van der Waals surface area contributed by atoms with Gasteiger partial charge in [0.1, 0.15) is 5.82 Å². The molecule has 0 aliphatic carbocycles. The van der Waals surface area contributed by atoms with Crippen LogP contribution in [-0.4, -0.2) is 66.8 Å². The van der Waals surface area contributed by atoms with Gasteiger partial charge in [0.25, 0.3) is 0 Å². The Bertz CT molecular complexity index is 1430. The molecule has 4 aromatic rings. The lowest BCUT2D eigenvalue weighted by Crippen LogP contribution is -2.58. The van der Waals surface area contributed by atoms with Crippen molar-refractivity contribution in [3.63, 3.8) is 0 Å². The fourth-order valence-corrected chi connectivity index (χ4v) is 5.02. The second-order valence-electron chi connectivity index (χ2n) is 8.24. The van der Waals surface area contributed by atoms with E-state index in [0.717, 1.165) is 15.8 Å². The van der Waals surface area contributed by atoms with E-state index in [1.807, 2.05) is 25.1 Å². The molecule has 5 rings (SSSR count). The number of nitrogen functional groups attached to an aromatic ring is 1. The Balaban J connectivity index is 1.46. The molecule has 34 heavy (non-hydrogen) atoms. The lowest BCUT2D eigenvalue weighted by Gasteiger charge is -2.44. The molecule has 0 spiro atoms. The molecule has 174 valence electrons. The quantitative estimate of drug-likeness (QED) is 0.372. The minimum atomic E-state index is -0.814. The standard InChI is InChI=1S/C22H22N8O3S/c1-11-8-30(22(33)21(32)27-16-7-24-20(23)14-6-26-28-19(14)16)17(9-29(11)12(2)31)13-3-4-18-15(5-13)25-10-34-18/h3-7,10-11,17H,8-9H2,1-2H3,(H2,23,24)(H,26,28)(H,27,32). The number of hydrogen-bond acceptors (Lipinski definition) is 8. The molecule has 3 aromatic heterocycles. The van der Waals surface area contributed by atoms with Crippen LogP contribution in [0, 0.1) is 0 Å². The number of aromatic amines is 1. The van der Waals surface area contributed by atoms with E-state index in [4.69, 9.17) is 5.73 Å². The molecule has 1 aliphatic rings. The molecule has 0 radical (unpaired) electrons. The average molecular weight is 479 g/mol. The Morgan fingerprint density at radius 3 is 2.79 bits per heavy atom. The van der Waals surface area contributed by atoms with Crippen molar-refractivity contribution in [3.8, 4) is 0 Å². The Labute approximate surface area is 198 Å². The summed E-state index contributed by atoms with van der Waals surface area (Å²) < 4.78 is 1.02. The minimum absolute atomic E-state index is 0.0848. The first-order valence-electron chi connectivity index (χ1n) is 10.6. The summed E-state index contributed by atoms with van der Waals surface area (Å²) in [7, 11) is 0. The lowest BCUT2D eigenvalue weighted by molar-refractivity contribution is -0.151. The number of carbonyl (C=O) groups excluding carboxylic acids is 3. The fraction of sp³-hybridized carbons (Fsp3) is 0.273. The number of fused-ring (bicyclic) bond motifs is 2. The van der Waals surface area contributed by atoms with Crippen molar-refractivity contribution in [2.24, 2.45) is 0 Å². The van der Waals surface area contributed by atoms with E-state index in [0.29, 0.717) is 16.6 Å². The van der Waals surface area contributed by atoms with Crippen LogP contribution in [0.4, 0.5) is 11.5 Å². The van der Waals surface area contributed by atoms with E-state index < -0.39 is 17.9 Å². The summed E-state index contributed by atoms with van der Waals surface area (Å²) in [5, 5.41) is 9.88. The molecule has 0 saturated carbocycles. The van der Waals surface area contributed by atoms with Gasteiger partial charge in [-0.05, 0) is 24.6 Å². The summed E-state index contributed by atoms with van der Waals surface area (Å²) in [6.45, 7) is 3.85. The number of nitrogens with two attached hydrogens (primary N) is 1. The molecule has 2 atom stereocenters. The third-order valence-electron chi connectivity index (χ3n) is 6.10. The van der Waals surface area contributed by atoms with Gasteiger partial charge in [0.15, 0.2) is 0 Å². The SMILES string of the molecule is CC(=O)N1CC(c2ccc3scnc3c2)N(C(=O)C(=O)Nc2cnc(N)c3cn[nH]c23)CC1C. The highest BCUT2D eigenvalue weighted by molar-refractivity contribution is 7.16. The summed E-state index contributed by atoms with van der Waals surface area (Å²) in [5.41, 5.74) is 10.0. The number of hydrogen-bond donors (Lipinski definition) is 3. The molecular weight excluding hydrogens is 456 g/mol. The smallest absolute Gasteiger partial charge is 0.314 e. The zero-order valence-corrected chi connectivity index (χ0v) is 19.3. The molecule has 4 heterocycles. The minimum Gasteiger partial charge on any atom is -0.383 e. The third kappa shape index (κ3) is 3.71. The topological polar surface area (TPSA) is 150 Å². The van der Waals surface area contributed by atoms with Gasteiger partial charge in [-0.2, -0.15) is 5.10 Å². The van der Waals surface area contributed by atoms with Crippen molar-refractivity contribution >= 4 is 61.7 Å². The van der Waals surface area contributed by atoms with Crippen molar-refractivity contribution in [2.45, 2.75) is 25.9 Å². The first-order valence-corrected chi connectivity index (χ1v) is 11.5. The summed E-state index contributed by atoms with van der Waals surface area (Å²) in [6.07, 6.45) is 2.88. The van der Waals surface area contributed by atoms with Crippen LogP contribution in [0.1, 0.15) is 25.5 Å². The molecule has 3 amide bonds. The first kappa shape index (κ1) is 21.8. The summed E-state index contributed by atoms with van der Waals surface area (Å²) in [5.74, 6) is -1.34. The van der Waals surface area contributed by atoms with Crippen molar-refractivity contribution in [3.05, 3.63) is 41.7 Å². The number of nitrogens with one attached hydrogen (secondary N) is 2. The molecule has 1 aliphatic heterocycles. The van der Waals surface area contributed by atoms with Crippen molar-refractivity contribution < 1.29 is 14.4 Å². The van der Waals surface area contributed by atoms with Gasteiger partial charge in [0.2, 0.25) is 5.91 Å². The number of pyridine rings is 1. The molecule has 11 nitrogen and oxygen atoms in total. The van der Waals surface area contributed by atoms with Gasteiger partial charge in [-0.3, -0.25) is 19.5 Å². The van der Waals surface area contributed by atoms with Crippen LogP contribution in [0.3, 0.4) is 0 Å². The second-order valence-corrected chi connectivity index (χ2v) is 9.13. The molecular formula is C22H22N8O3S. The van der Waals surface area contributed by atoms with Gasteiger partial charge in [0.05, 0.1) is 50.8 Å². The van der Waals surface area contributed by atoms with Crippen LogP contribution in [0.5, 0.6) is 0 Å². The maximum atomic E-state index is 13.4. The number of rotatable bonds is 2. The van der Waals surface area contributed by atoms with Crippen molar-refractivity contribution in [1.82, 2.24) is 30.0 Å². The van der Waals surface area contributed by atoms with Crippen LogP contribution < -0.4 is 11.1 Å². The van der Waals surface area contributed by atoms with Crippen LogP contribution in [0.15, 0.2) is 36.1 Å². The van der Waals surface area contributed by atoms with Crippen molar-refractivity contribution in [1.29, 1.82) is 0 Å². The number of aromatic nitrogens is 4. The molecule has 1 fully saturated rings. The Morgan fingerprint density at radius 1 is 1.18 bits per heavy atom. The lowest BCUT2D eigenvalue weighted by atomic mass is 9.99. The number of carbonyl (C=O) groups is 3. The molecule has 1 aromatic carbocycles. The van der Waals surface area contributed by atoms with Crippen LogP contribution in [-0.2, 0) is 14.4 Å². The largest absolute Gasteiger partial charge is 0.383 e. The number of H-pyrrole nitrogens is 1. The highest BCUT2D eigenvalue weighted by atomic mass is 32.1. The monoisotopic (exact) mass is 478 g/mol. The van der Waals surface area contributed by atoms with Gasteiger partial charge in [0, 0.05) is 26.1 Å². The van der Waals surface area contributed by atoms with Crippen LogP contribution >= 0.6 is 11.3 Å². The highest BCUT2D eigenvalue weighted by Crippen LogP contribution is 2.31. The predicted octanol–water partition coefficient (Wildman–Crippen LogP) is 1.91. The Hall–Kier alpha value is -4.06. The molecule has 12 heteroatoms. The number of amides is 3. The molecule has 0 bridgehead atoms. The number of benzene rings is 1. The van der Waals surface area contributed by atoms with Gasteiger partial charge < -0.3 is 20.9 Å². The Kier molecular flexibility index (Phi) is 5.36.